The van der Waals surface area contributed by atoms with E-state index in [0.29, 0.717) is 37.8 Å². The number of aryl methyl sites for hydroxylation is 2. The van der Waals surface area contributed by atoms with Crippen molar-refractivity contribution in [1.82, 2.24) is 19.4 Å². The second-order valence-corrected chi connectivity index (χ2v) is 12.2. The molecule has 1 aromatic heterocycles. The maximum absolute atomic E-state index is 13.3. The average Bonchev–Trinajstić information content (AvgIpc) is 3.47. The van der Waals surface area contributed by atoms with Gasteiger partial charge in [-0.3, -0.25) is 19.1 Å². The zero-order valence-electron chi connectivity index (χ0n) is 24.7. The SMILES string of the molecule is CCCN(CCCOC)C1=NC(C(=O)N2CCC(Cn3c(=O)cc(Nc4ccc5c(c4)CCC5)[nH]c3=O)CC2)=CCS1. The fourth-order valence-electron chi connectivity index (χ4n) is 5.95. The molecular formula is C31H42N6O4S. The molecule has 3 heterocycles. The van der Waals surface area contributed by atoms with Gasteiger partial charge in [-0.2, -0.15) is 0 Å². The molecule has 0 saturated carbocycles. The number of aromatic nitrogens is 2. The van der Waals surface area contributed by atoms with E-state index in [0.717, 1.165) is 74.6 Å². The summed E-state index contributed by atoms with van der Waals surface area (Å²) < 4.78 is 6.49. The van der Waals surface area contributed by atoms with Crippen molar-refractivity contribution in [2.45, 2.75) is 58.4 Å². The maximum atomic E-state index is 13.3. The van der Waals surface area contributed by atoms with E-state index in [1.807, 2.05) is 17.0 Å². The smallest absolute Gasteiger partial charge is 0.329 e. The molecule has 5 rings (SSSR count). The molecule has 1 amide bonds. The van der Waals surface area contributed by atoms with Crippen LogP contribution in [0.4, 0.5) is 11.5 Å². The minimum absolute atomic E-state index is 0.0448. The fourth-order valence-corrected chi connectivity index (χ4v) is 6.87. The van der Waals surface area contributed by atoms with Crippen LogP contribution in [0.5, 0.6) is 0 Å². The summed E-state index contributed by atoms with van der Waals surface area (Å²) in [5.74, 6) is 1.22. The van der Waals surface area contributed by atoms with Gasteiger partial charge in [0.25, 0.3) is 11.5 Å². The molecule has 3 aliphatic rings. The number of benzene rings is 1. The Kier molecular flexibility index (Phi) is 10.2. The predicted molar refractivity (Wildman–Crippen MR) is 169 cm³/mol. The molecule has 1 fully saturated rings. The number of H-pyrrole nitrogens is 1. The third-order valence-electron chi connectivity index (χ3n) is 8.21. The molecular weight excluding hydrogens is 552 g/mol. The molecule has 2 aromatic rings. The highest BCUT2D eigenvalue weighted by Gasteiger charge is 2.27. The molecule has 2 N–H and O–H groups in total. The first-order valence-corrected chi connectivity index (χ1v) is 16.1. The Morgan fingerprint density at radius 2 is 1.98 bits per heavy atom. The number of nitrogens with one attached hydrogen (secondary N) is 2. The number of carbonyl (C=O) groups excluding carboxylic acids is 1. The minimum Gasteiger partial charge on any atom is -0.385 e. The highest BCUT2D eigenvalue weighted by atomic mass is 32.2. The Balaban J connectivity index is 1.16. The van der Waals surface area contributed by atoms with Crippen molar-refractivity contribution < 1.29 is 9.53 Å². The van der Waals surface area contributed by atoms with Gasteiger partial charge < -0.3 is 19.9 Å². The number of fused-ring (bicyclic) bond motifs is 1. The molecule has 10 nitrogen and oxygen atoms in total. The van der Waals surface area contributed by atoms with Crippen molar-refractivity contribution >= 4 is 34.3 Å². The summed E-state index contributed by atoms with van der Waals surface area (Å²) in [5.41, 5.74) is 3.33. The molecule has 42 heavy (non-hydrogen) atoms. The number of hydrogen-bond donors (Lipinski definition) is 2. The Morgan fingerprint density at radius 3 is 2.74 bits per heavy atom. The summed E-state index contributed by atoms with van der Waals surface area (Å²) in [6, 6.07) is 7.65. The van der Waals surface area contributed by atoms with E-state index in [2.05, 4.69) is 34.3 Å². The molecule has 1 aromatic carbocycles. The van der Waals surface area contributed by atoms with E-state index in [-0.39, 0.29) is 17.4 Å². The third-order valence-corrected chi connectivity index (χ3v) is 9.15. The van der Waals surface area contributed by atoms with Gasteiger partial charge in [0.2, 0.25) is 0 Å². The number of amidine groups is 1. The number of hydrogen-bond acceptors (Lipinski definition) is 8. The topological polar surface area (TPSA) is 112 Å². The number of anilines is 2. The first-order chi connectivity index (χ1) is 20.4. The van der Waals surface area contributed by atoms with E-state index in [9.17, 15) is 14.4 Å². The second kappa shape index (κ2) is 14.2. The quantitative estimate of drug-likeness (QED) is 0.381. The van der Waals surface area contributed by atoms with Crippen LogP contribution in [-0.4, -0.2) is 76.1 Å². The number of nitrogens with zero attached hydrogens (tertiary/aromatic N) is 4. The predicted octanol–water partition coefficient (Wildman–Crippen LogP) is 3.74. The number of thioether (sulfide) groups is 1. The van der Waals surface area contributed by atoms with E-state index in [4.69, 9.17) is 9.73 Å². The number of ether oxygens (including phenoxy) is 1. The molecule has 0 spiro atoms. The average molecular weight is 595 g/mol. The summed E-state index contributed by atoms with van der Waals surface area (Å²) in [4.78, 5) is 50.8. The normalized spacial score (nSPS) is 17.0. The molecule has 226 valence electrons. The molecule has 1 saturated heterocycles. The van der Waals surface area contributed by atoms with Gasteiger partial charge in [0, 0.05) is 63.9 Å². The lowest BCUT2D eigenvalue weighted by Gasteiger charge is -2.33. The van der Waals surface area contributed by atoms with Gasteiger partial charge in [-0.25, -0.2) is 9.79 Å². The summed E-state index contributed by atoms with van der Waals surface area (Å²) >= 11 is 1.67. The molecule has 0 unspecified atom stereocenters. The van der Waals surface area contributed by atoms with Crippen LogP contribution in [0.15, 0.2) is 50.6 Å². The summed E-state index contributed by atoms with van der Waals surface area (Å²) in [7, 11) is 1.71. The largest absolute Gasteiger partial charge is 0.385 e. The Labute approximate surface area is 251 Å². The van der Waals surface area contributed by atoms with Crippen LogP contribution in [0.25, 0.3) is 0 Å². The number of amides is 1. The van der Waals surface area contributed by atoms with E-state index in [1.165, 1.54) is 21.8 Å². The molecule has 11 heteroatoms. The van der Waals surface area contributed by atoms with E-state index in [1.54, 1.807) is 18.9 Å². The number of piperidine rings is 1. The monoisotopic (exact) mass is 594 g/mol. The van der Waals surface area contributed by atoms with Gasteiger partial charge in [0.05, 0.1) is 0 Å². The van der Waals surface area contributed by atoms with Crippen LogP contribution in [0, 0.1) is 5.92 Å². The van der Waals surface area contributed by atoms with Crippen LogP contribution in [0.1, 0.15) is 50.2 Å². The Morgan fingerprint density at radius 1 is 1.17 bits per heavy atom. The van der Waals surface area contributed by atoms with Crippen LogP contribution >= 0.6 is 11.8 Å². The number of likely N-dealkylation sites (tertiary alicyclic amines) is 1. The van der Waals surface area contributed by atoms with Crippen molar-refractivity contribution in [3.8, 4) is 0 Å². The number of carbonyl (C=O) groups is 1. The first kappa shape index (κ1) is 30.2. The van der Waals surface area contributed by atoms with Crippen LogP contribution in [-0.2, 0) is 28.9 Å². The summed E-state index contributed by atoms with van der Waals surface area (Å²) in [6.45, 7) is 6.08. The zero-order chi connectivity index (χ0) is 29.5. The maximum Gasteiger partial charge on any atom is 0.329 e. The lowest BCUT2D eigenvalue weighted by atomic mass is 9.96. The summed E-state index contributed by atoms with van der Waals surface area (Å²) in [5, 5.41) is 4.09. The third kappa shape index (κ3) is 7.36. The molecule has 0 atom stereocenters. The van der Waals surface area contributed by atoms with Crippen molar-refractivity contribution in [2.75, 3.05) is 51.0 Å². The summed E-state index contributed by atoms with van der Waals surface area (Å²) in [6.07, 6.45) is 8.62. The zero-order valence-corrected chi connectivity index (χ0v) is 25.5. The van der Waals surface area contributed by atoms with Gasteiger partial charge in [-0.1, -0.05) is 24.8 Å². The lowest BCUT2D eigenvalue weighted by molar-refractivity contribution is -0.128. The van der Waals surface area contributed by atoms with Gasteiger partial charge >= 0.3 is 5.69 Å². The van der Waals surface area contributed by atoms with Crippen molar-refractivity contribution in [3.63, 3.8) is 0 Å². The van der Waals surface area contributed by atoms with E-state index < -0.39 is 5.69 Å². The highest BCUT2D eigenvalue weighted by Crippen LogP contribution is 2.26. The Hall–Kier alpha value is -3.31. The van der Waals surface area contributed by atoms with Crippen molar-refractivity contribution in [2.24, 2.45) is 10.9 Å². The van der Waals surface area contributed by atoms with Gasteiger partial charge in [0.1, 0.15) is 11.5 Å². The van der Waals surface area contributed by atoms with Gasteiger partial charge in [-0.15, -0.1) is 0 Å². The number of aliphatic imine (C=N–C) groups is 1. The molecule has 0 bridgehead atoms. The van der Waals surface area contributed by atoms with E-state index >= 15 is 0 Å². The fraction of sp³-hybridized carbons (Fsp3) is 0.548. The molecule has 0 radical (unpaired) electrons. The minimum atomic E-state index is -0.418. The second-order valence-electron chi connectivity index (χ2n) is 11.3. The number of aromatic amines is 1. The van der Waals surface area contributed by atoms with Gasteiger partial charge in [-0.05, 0) is 80.2 Å². The number of rotatable bonds is 11. The van der Waals surface area contributed by atoms with Crippen LogP contribution < -0.4 is 16.6 Å². The van der Waals surface area contributed by atoms with Crippen molar-refractivity contribution in [3.05, 3.63) is 68.0 Å². The molecule has 2 aliphatic heterocycles. The highest BCUT2D eigenvalue weighted by molar-refractivity contribution is 8.13. The standard InChI is InChI=1S/C31H42N6O4S/c1-3-13-36(14-5-17-41-2)31-33-26(12-18-42-31)29(39)35-15-10-22(11-16-35)21-37-28(38)20-27(34-30(37)40)32-25-9-8-23-6-4-7-24(23)19-25/h8-9,12,19-20,22,32H,3-7,10-11,13-18,21H2,1-2H3,(H,34,40). The van der Waals surface area contributed by atoms with Crippen LogP contribution in [0.3, 0.4) is 0 Å². The molecule has 1 aliphatic carbocycles. The van der Waals surface area contributed by atoms with Gasteiger partial charge in [0.15, 0.2) is 5.17 Å². The first-order valence-electron chi connectivity index (χ1n) is 15.1. The number of methoxy groups -OCH3 is 1. The Bertz CT molecular complexity index is 1410. The van der Waals surface area contributed by atoms with Crippen molar-refractivity contribution in [1.29, 1.82) is 0 Å². The lowest BCUT2D eigenvalue weighted by Crippen LogP contribution is -2.43. The van der Waals surface area contributed by atoms with Crippen LogP contribution in [0.2, 0.25) is 0 Å².